The van der Waals surface area contributed by atoms with Gasteiger partial charge >= 0.3 is 0 Å². The van der Waals surface area contributed by atoms with Crippen molar-refractivity contribution < 1.29 is 9.18 Å². The number of fused-ring (bicyclic) bond motifs is 1. The first-order valence-corrected chi connectivity index (χ1v) is 6.97. The van der Waals surface area contributed by atoms with E-state index in [9.17, 15) is 9.18 Å². The van der Waals surface area contributed by atoms with E-state index in [0.717, 1.165) is 17.7 Å². The number of carbonyl (C=O) groups is 1. The van der Waals surface area contributed by atoms with Gasteiger partial charge < -0.3 is 4.90 Å². The third-order valence-corrected chi connectivity index (χ3v) is 3.79. The summed E-state index contributed by atoms with van der Waals surface area (Å²) < 4.78 is 15.0. The molecule has 0 aliphatic carbocycles. The molecule has 0 saturated carbocycles. The summed E-state index contributed by atoms with van der Waals surface area (Å²) >= 11 is 0. The van der Waals surface area contributed by atoms with Gasteiger partial charge in [-0.1, -0.05) is 13.8 Å². The normalized spacial score (nSPS) is 19.2. The molecule has 2 aromatic rings. The molecule has 0 radical (unpaired) electrons. The molecular formula is C15H18FN3O. The molecule has 0 aromatic carbocycles. The van der Waals surface area contributed by atoms with Crippen LogP contribution in [0.1, 0.15) is 30.6 Å². The Labute approximate surface area is 117 Å². The summed E-state index contributed by atoms with van der Waals surface area (Å²) in [4.78, 5) is 14.1. The Morgan fingerprint density at radius 3 is 2.90 bits per heavy atom. The molecular weight excluding hydrogens is 257 g/mol. The van der Waals surface area contributed by atoms with Gasteiger partial charge in [0, 0.05) is 19.0 Å². The van der Waals surface area contributed by atoms with E-state index in [-0.39, 0.29) is 11.7 Å². The van der Waals surface area contributed by atoms with E-state index in [1.54, 1.807) is 10.7 Å². The molecule has 5 heteroatoms. The second-order valence-electron chi connectivity index (χ2n) is 5.63. The predicted octanol–water partition coefficient (Wildman–Crippen LogP) is 2.72. The van der Waals surface area contributed by atoms with Gasteiger partial charge in [-0.2, -0.15) is 5.10 Å². The predicted molar refractivity (Wildman–Crippen MR) is 76.1 cm³/mol. The fraction of sp³-hybridized carbons (Fsp3) is 0.467. The molecule has 0 N–H and O–H groups in total. The van der Waals surface area contributed by atoms with Crippen LogP contribution in [0.4, 0.5) is 10.1 Å². The van der Waals surface area contributed by atoms with Gasteiger partial charge in [0.05, 0.1) is 29.2 Å². The number of anilines is 1. The van der Waals surface area contributed by atoms with Crippen molar-refractivity contribution in [3.8, 4) is 0 Å². The van der Waals surface area contributed by atoms with Crippen molar-refractivity contribution in [1.29, 1.82) is 0 Å². The van der Waals surface area contributed by atoms with Crippen LogP contribution in [0.2, 0.25) is 0 Å². The number of hydrogen-bond donors (Lipinski definition) is 0. The Bertz CT molecular complexity index is 650. The molecule has 0 unspecified atom stereocenters. The lowest BCUT2D eigenvalue weighted by molar-refractivity contribution is 0.0941. The van der Waals surface area contributed by atoms with E-state index >= 15 is 0 Å². The summed E-state index contributed by atoms with van der Waals surface area (Å²) in [5.74, 6) is 0.0475. The van der Waals surface area contributed by atoms with Crippen LogP contribution in [-0.4, -0.2) is 34.7 Å². The number of aromatic nitrogens is 2. The maximum absolute atomic E-state index is 13.3. The third kappa shape index (κ3) is 2.17. The average Bonchev–Trinajstić information content (AvgIpc) is 3.03. The van der Waals surface area contributed by atoms with E-state index < -0.39 is 6.17 Å². The van der Waals surface area contributed by atoms with Gasteiger partial charge in [-0.25, -0.2) is 8.91 Å². The minimum Gasteiger partial charge on any atom is -0.367 e. The molecule has 3 heterocycles. The fourth-order valence-electron chi connectivity index (χ4n) is 2.61. The van der Waals surface area contributed by atoms with Crippen LogP contribution in [-0.2, 0) is 0 Å². The average molecular weight is 275 g/mol. The summed E-state index contributed by atoms with van der Waals surface area (Å²) in [5.41, 5.74) is 2.41. The van der Waals surface area contributed by atoms with Crippen LogP contribution in [0.5, 0.6) is 0 Å². The first-order valence-electron chi connectivity index (χ1n) is 6.97. The number of hydrogen-bond acceptors (Lipinski definition) is 3. The number of halogens is 1. The van der Waals surface area contributed by atoms with E-state index in [4.69, 9.17) is 0 Å². The van der Waals surface area contributed by atoms with Crippen molar-refractivity contribution in [2.45, 2.75) is 26.4 Å². The smallest absolute Gasteiger partial charge is 0.169 e. The Morgan fingerprint density at radius 1 is 1.45 bits per heavy atom. The molecule has 1 atom stereocenters. The third-order valence-electron chi connectivity index (χ3n) is 3.79. The Kier molecular flexibility index (Phi) is 3.20. The summed E-state index contributed by atoms with van der Waals surface area (Å²) in [6.07, 6.45) is 3.31. The maximum Gasteiger partial charge on any atom is 0.169 e. The topological polar surface area (TPSA) is 37.6 Å². The van der Waals surface area contributed by atoms with E-state index in [0.29, 0.717) is 18.5 Å². The molecule has 2 aromatic heterocycles. The second-order valence-corrected chi connectivity index (χ2v) is 5.63. The molecule has 4 nitrogen and oxygen atoms in total. The monoisotopic (exact) mass is 275 g/mol. The largest absolute Gasteiger partial charge is 0.367 e. The number of alkyl halides is 1. The highest BCUT2D eigenvalue weighted by Crippen LogP contribution is 2.24. The van der Waals surface area contributed by atoms with Gasteiger partial charge in [-0.15, -0.1) is 0 Å². The lowest BCUT2D eigenvalue weighted by Crippen LogP contribution is -2.20. The van der Waals surface area contributed by atoms with Crippen molar-refractivity contribution in [3.63, 3.8) is 0 Å². The van der Waals surface area contributed by atoms with Crippen LogP contribution in [0.25, 0.3) is 5.52 Å². The molecule has 106 valence electrons. The lowest BCUT2D eigenvalue weighted by Gasteiger charge is -2.17. The molecule has 1 aliphatic heterocycles. The number of Topliss-reactive ketones (excluding diaryl/α,β-unsaturated/α-hetero) is 1. The quantitative estimate of drug-likeness (QED) is 0.808. The molecule has 0 amide bonds. The van der Waals surface area contributed by atoms with Crippen molar-refractivity contribution in [3.05, 3.63) is 30.1 Å². The van der Waals surface area contributed by atoms with Crippen LogP contribution in [0.15, 0.2) is 24.5 Å². The summed E-state index contributed by atoms with van der Waals surface area (Å²) in [5, 5.41) is 4.25. The van der Waals surface area contributed by atoms with Crippen molar-refractivity contribution >= 4 is 17.0 Å². The van der Waals surface area contributed by atoms with Crippen LogP contribution in [0, 0.1) is 5.92 Å². The molecule has 0 spiro atoms. The van der Waals surface area contributed by atoms with E-state index in [1.165, 1.54) is 0 Å². The van der Waals surface area contributed by atoms with Crippen molar-refractivity contribution in [2.75, 3.05) is 18.0 Å². The van der Waals surface area contributed by atoms with Gasteiger partial charge in [0.2, 0.25) is 0 Å². The molecule has 0 bridgehead atoms. The van der Waals surface area contributed by atoms with Crippen LogP contribution in [0.3, 0.4) is 0 Å². The van der Waals surface area contributed by atoms with Gasteiger partial charge in [-0.05, 0) is 18.6 Å². The molecule has 1 aliphatic rings. The molecule has 1 saturated heterocycles. The number of pyridine rings is 1. The SMILES string of the molecule is CC(C)C(=O)c1cnn2cc(N3CC[C@H](F)C3)ccc12. The minimum absolute atomic E-state index is 0.0476. The Morgan fingerprint density at radius 2 is 2.25 bits per heavy atom. The summed E-state index contributed by atoms with van der Waals surface area (Å²) in [6.45, 7) is 4.92. The van der Waals surface area contributed by atoms with Gasteiger partial charge in [0.15, 0.2) is 5.78 Å². The Balaban J connectivity index is 1.95. The number of nitrogens with zero attached hydrogens (tertiary/aromatic N) is 3. The van der Waals surface area contributed by atoms with Crippen molar-refractivity contribution in [1.82, 2.24) is 9.61 Å². The van der Waals surface area contributed by atoms with Crippen LogP contribution < -0.4 is 4.90 Å². The first kappa shape index (κ1) is 13.1. The Hall–Kier alpha value is -1.91. The first-order chi connectivity index (χ1) is 9.56. The number of carbonyl (C=O) groups excluding carboxylic acids is 1. The van der Waals surface area contributed by atoms with Gasteiger partial charge in [-0.3, -0.25) is 4.79 Å². The molecule has 20 heavy (non-hydrogen) atoms. The van der Waals surface area contributed by atoms with Gasteiger partial charge in [0.1, 0.15) is 6.17 Å². The zero-order chi connectivity index (χ0) is 14.3. The highest BCUT2D eigenvalue weighted by atomic mass is 19.1. The minimum atomic E-state index is -0.749. The highest BCUT2D eigenvalue weighted by molar-refractivity contribution is 6.03. The summed E-state index contributed by atoms with van der Waals surface area (Å²) in [6, 6.07) is 3.83. The standard InChI is InChI=1S/C15H18FN3O/c1-10(2)15(20)13-7-17-19-9-12(3-4-14(13)19)18-6-5-11(16)8-18/h3-4,7,9-11H,5-6,8H2,1-2H3/t11-/m0/s1. The lowest BCUT2D eigenvalue weighted by atomic mass is 10.0. The van der Waals surface area contributed by atoms with E-state index in [2.05, 4.69) is 5.10 Å². The molecule has 1 fully saturated rings. The number of ketones is 1. The second kappa shape index (κ2) is 4.89. The zero-order valence-corrected chi connectivity index (χ0v) is 11.7. The van der Waals surface area contributed by atoms with Crippen LogP contribution >= 0.6 is 0 Å². The fourth-order valence-corrected chi connectivity index (χ4v) is 2.61. The highest BCUT2D eigenvalue weighted by Gasteiger charge is 2.23. The zero-order valence-electron chi connectivity index (χ0n) is 11.7. The molecule has 3 rings (SSSR count). The summed E-state index contributed by atoms with van der Waals surface area (Å²) in [7, 11) is 0. The van der Waals surface area contributed by atoms with E-state index in [1.807, 2.05) is 37.1 Å². The van der Waals surface area contributed by atoms with Gasteiger partial charge in [0.25, 0.3) is 0 Å². The maximum atomic E-state index is 13.3. The van der Waals surface area contributed by atoms with Crippen molar-refractivity contribution in [2.24, 2.45) is 5.92 Å². The number of rotatable bonds is 3.